The van der Waals surface area contributed by atoms with Crippen molar-refractivity contribution >= 4 is 12.0 Å². The van der Waals surface area contributed by atoms with E-state index in [0.29, 0.717) is 26.3 Å². The molecule has 0 aliphatic carbocycles. The van der Waals surface area contributed by atoms with Crippen LogP contribution in [0.1, 0.15) is 33.1 Å². The van der Waals surface area contributed by atoms with E-state index < -0.39 is 5.97 Å². The molecule has 0 saturated carbocycles. The fraction of sp³-hybridized carbons (Fsp3) is 0.857. The molecule has 7 heteroatoms. The number of aliphatic carboxylic acids is 1. The number of hydrogen-bond donors (Lipinski definition) is 2. The van der Waals surface area contributed by atoms with Gasteiger partial charge in [-0.15, -0.1) is 0 Å². The van der Waals surface area contributed by atoms with Crippen LogP contribution in [0.25, 0.3) is 0 Å². The molecule has 1 heterocycles. The molecule has 1 saturated heterocycles. The highest BCUT2D eigenvalue weighted by Gasteiger charge is 2.24. The number of hydrogen-bond acceptors (Lipinski definition) is 4. The Kier molecular flexibility index (Phi) is 8.07. The summed E-state index contributed by atoms with van der Waals surface area (Å²) in [5.74, 6) is -0.852. The Bertz CT molecular complexity index is 329. The van der Waals surface area contributed by atoms with Crippen LogP contribution in [0.4, 0.5) is 4.79 Å². The third kappa shape index (κ3) is 7.29. The molecule has 1 unspecified atom stereocenters. The maximum Gasteiger partial charge on any atom is 0.317 e. The average molecular weight is 302 g/mol. The zero-order valence-electron chi connectivity index (χ0n) is 12.8. The Balaban J connectivity index is 2.19. The van der Waals surface area contributed by atoms with Crippen LogP contribution in [0.3, 0.4) is 0 Å². The maximum atomic E-state index is 12.0. The van der Waals surface area contributed by atoms with Gasteiger partial charge in [0, 0.05) is 19.7 Å². The van der Waals surface area contributed by atoms with Crippen molar-refractivity contribution in [1.82, 2.24) is 10.2 Å². The fourth-order valence-electron chi connectivity index (χ4n) is 2.18. The lowest BCUT2D eigenvalue weighted by Gasteiger charge is -2.32. The number of rotatable bonds is 8. The highest BCUT2D eigenvalue weighted by Crippen LogP contribution is 2.14. The van der Waals surface area contributed by atoms with Gasteiger partial charge in [0.15, 0.2) is 0 Å². The maximum absolute atomic E-state index is 12.0. The summed E-state index contributed by atoms with van der Waals surface area (Å²) in [4.78, 5) is 24.2. The number of carbonyl (C=O) groups excluding carboxylic acids is 1. The van der Waals surface area contributed by atoms with E-state index in [0.717, 1.165) is 12.8 Å². The molecule has 2 N–H and O–H groups in total. The number of nitrogens with one attached hydrogen (secondary N) is 1. The molecule has 1 atom stereocenters. The number of urea groups is 1. The van der Waals surface area contributed by atoms with Crippen LogP contribution in [0.5, 0.6) is 0 Å². The highest BCUT2D eigenvalue weighted by molar-refractivity contribution is 5.74. The normalized spacial score (nSPS) is 17.5. The first-order chi connectivity index (χ1) is 10.0. The standard InChI is InChI=1S/C14H26N2O5/c1-3-20-10-11(2)15-14(19)16-7-4-12(5-8-16)21-9-6-13(17)18/h11-12H,3-10H2,1-2H3,(H,15,19)(H,17,18). The monoisotopic (exact) mass is 302 g/mol. The molecule has 0 aromatic heterocycles. The minimum Gasteiger partial charge on any atom is -0.481 e. The summed E-state index contributed by atoms with van der Waals surface area (Å²) in [7, 11) is 0. The van der Waals surface area contributed by atoms with Crippen molar-refractivity contribution in [3.63, 3.8) is 0 Å². The predicted molar refractivity (Wildman–Crippen MR) is 77.3 cm³/mol. The molecule has 7 nitrogen and oxygen atoms in total. The van der Waals surface area contributed by atoms with E-state index in [4.69, 9.17) is 14.6 Å². The number of carboxylic acid groups (broad SMARTS) is 1. The topological polar surface area (TPSA) is 88.1 Å². The van der Waals surface area contributed by atoms with Crippen LogP contribution in [0.2, 0.25) is 0 Å². The van der Waals surface area contributed by atoms with E-state index in [2.05, 4.69) is 5.32 Å². The zero-order chi connectivity index (χ0) is 15.7. The number of nitrogens with zero attached hydrogens (tertiary/aromatic N) is 1. The molecule has 122 valence electrons. The van der Waals surface area contributed by atoms with E-state index in [9.17, 15) is 9.59 Å². The summed E-state index contributed by atoms with van der Waals surface area (Å²) in [6, 6.07) is -0.0896. The van der Waals surface area contributed by atoms with Crippen molar-refractivity contribution in [2.45, 2.75) is 45.3 Å². The average Bonchev–Trinajstić information content (AvgIpc) is 2.45. The number of ether oxygens (including phenoxy) is 2. The van der Waals surface area contributed by atoms with Gasteiger partial charge in [0.2, 0.25) is 0 Å². The van der Waals surface area contributed by atoms with Crippen LogP contribution in [-0.4, -0.2) is 67.1 Å². The van der Waals surface area contributed by atoms with E-state index in [1.54, 1.807) is 4.90 Å². The fourth-order valence-corrected chi connectivity index (χ4v) is 2.18. The molecule has 0 spiro atoms. The summed E-state index contributed by atoms with van der Waals surface area (Å²) in [6.07, 6.45) is 1.56. The van der Waals surface area contributed by atoms with E-state index in [-0.39, 0.29) is 31.2 Å². The summed E-state index contributed by atoms with van der Waals surface area (Å²) in [6.45, 7) is 6.47. The lowest BCUT2D eigenvalue weighted by molar-refractivity contribution is -0.138. The molecular weight excluding hydrogens is 276 g/mol. The van der Waals surface area contributed by atoms with Gasteiger partial charge >= 0.3 is 12.0 Å². The van der Waals surface area contributed by atoms with Crippen molar-refractivity contribution < 1.29 is 24.2 Å². The second kappa shape index (κ2) is 9.57. The molecule has 1 fully saturated rings. The SMILES string of the molecule is CCOCC(C)NC(=O)N1CCC(OCCC(=O)O)CC1. The van der Waals surface area contributed by atoms with Crippen molar-refractivity contribution in [2.75, 3.05) is 32.9 Å². The second-order valence-corrected chi connectivity index (χ2v) is 5.21. The number of amides is 2. The van der Waals surface area contributed by atoms with Gasteiger partial charge in [-0.25, -0.2) is 4.79 Å². The first-order valence-corrected chi connectivity index (χ1v) is 7.49. The van der Waals surface area contributed by atoms with Crippen molar-refractivity contribution in [3.05, 3.63) is 0 Å². The minimum atomic E-state index is -0.852. The third-order valence-corrected chi connectivity index (χ3v) is 3.34. The number of carbonyl (C=O) groups is 2. The quantitative estimate of drug-likeness (QED) is 0.700. The number of piperidine rings is 1. The molecule has 1 aliphatic heterocycles. The van der Waals surface area contributed by atoms with E-state index in [1.165, 1.54) is 0 Å². The highest BCUT2D eigenvalue weighted by atomic mass is 16.5. The molecule has 0 radical (unpaired) electrons. The van der Waals surface area contributed by atoms with Gasteiger partial charge in [-0.2, -0.15) is 0 Å². The summed E-state index contributed by atoms with van der Waals surface area (Å²) in [5, 5.41) is 11.5. The molecule has 1 rings (SSSR count). The van der Waals surface area contributed by atoms with Gasteiger partial charge in [0.1, 0.15) is 0 Å². The van der Waals surface area contributed by atoms with Gasteiger partial charge in [-0.1, -0.05) is 0 Å². The van der Waals surface area contributed by atoms with E-state index >= 15 is 0 Å². The Morgan fingerprint density at radius 3 is 2.62 bits per heavy atom. The first-order valence-electron chi connectivity index (χ1n) is 7.49. The zero-order valence-corrected chi connectivity index (χ0v) is 12.8. The van der Waals surface area contributed by atoms with Gasteiger partial charge in [-0.05, 0) is 26.7 Å². The molecule has 1 aliphatic rings. The molecule has 0 aromatic carbocycles. The first kappa shape index (κ1) is 17.7. The Morgan fingerprint density at radius 1 is 1.38 bits per heavy atom. The van der Waals surface area contributed by atoms with Gasteiger partial charge in [0.25, 0.3) is 0 Å². The molecule has 0 aromatic rings. The Morgan fingerprint density at radius 2 is 2.05 bits per heavy atom. The molecule has 21 heavy (non-hydrogen) atoms. The smallest absolute Gasteiger partial charge is 0.317 e. The molecule has 2 amide bonds. The molecular formula is C14H26N2O5. The van der Waals surface area contributed by atoms with Gasteiger partial charge in [-0.3, -0.25) is 4.79 Å². The summed E-state index contributed by atoms with van der Waals surface area (Å²) < 4.78 is 10.8. The minimum absolute atomic E-state index is 0.0120. The van der Waals surface area contributed by atoms with E-state index in [1.807, 2.05) is 13.8 Å². The van der Waals surface area contributed by atoms with Crippen molar-refractivity contribution in [2.24, 2.45) is 0 Å². The summed E-state index contributed by atoms with van der Waals surface area (Å²) >= 11 is 0. The largest absolute Gasteiger partial charge is 0.481 e. The lowest BCUT2D eigenvalue weighted by atomic mass is 10.1. The summed E-state index contributed by atoms with van der Waals surface area (Å²) in [5.41, 5.74) is 0. The second-order valence-electron chi connectivity index (χ2n) is 5.21. The van der Waals surface area contributed by atoms with Crippen LogP contribution >= 0.6 is 0 Å². The third-order valence-electron chi connectivity index (χ3n) is 3.34. The lowest BCUT2D eigenvalue weighted by Crippen LogP contribution is -2.49. The van der Waals surface area contributed by atoms with Crippen molar-refractivity contribution in [3.8, 4) is 0 Å². The predicted octanol–water partition coefficient (Wildman–Crippen LogP) is 1.08. The Hall–Kier alpha value is -1.34. The van der Waals surface area contributed by atoms with Crippen molar-refractivity contribution in [1.29, 1.82) is 0 Å². The van der Waals surface area contributed by atoms with Gasteiger partial charge in [0.05, 0.1) is 31.8 Å². The molecule has 0 bridgehead atoms. The van der Waals surface area contributed by atoms with Gasteiger partial charge < -0.3 is 24.8 Å². The number of likely N-dealkylation sites (tertiary alicyclic amines) is 1. The van der Waals surface area contributed by atoms with Crippen LogP contribution in [-0.2, 0) is 14.3 Å². The number of carboxylic acids is 1. The van der Waals surface area contributed by atoms with Crippen LogP contribution < -0.4 is 5.32 Å². The van der Waals surface area contributed by atoms with Crippen LogP contribution in [0, 0.1) is 0 Å². The van der Waals surface area contributed by atoms with Crippen LogP contribution in [0.15, 0.2) is 0 Å². The Labute approximate surface area is 125 Å².